The van der Waals surface area contributed by atoms with E-state index in [2.05, 4.69) is 14.5 Å². The van der Waals surface area contributed by atoms with E-state index in [1.807, 2.05) is 0 Å². The average molecular weight is 307 g/mol. The second-order valence-electron chi connectivity index (χ2n) is 4.45. The van der Waals surface area contributed by atoms with Crippen molar-refractivity contribution in [1.82, 2.24) is 0 Å². The summed E-state index contributed by atoms with van der Waals surface area (Å²) >= 11 is 0. The van der Waals surface area contributed by atoms with Gasteiger partial charge in [-0.2, -0.15) is 0 Å². The summed E-state index contributed by atoms with van der Waals surface area (Å²) in [5.41, 5.74) is 0.810. The van der Waals surface area contributed by atoms with Gasteiger partial charge in [-0.25, -0.2) is 0 Å². The normalized spacial score (nSPS) is 15.2. The fourth-order valence-electron chi connectivity index (χ4n) is 1.97. The Morgan fingerprint density at radius 1 is 1.18 bits per heavy atom. The molecule has 1 aliphatic heterocycles. The molecule has 0 amide bonds. The maximum absolute atomic E-state index is 12.9. The number of fused-ring (bicyclic) bond motifs is 1. The lowest BCUT2D eigenvalue weighted by Crippen LogP contribution is -2.25. The number of phenolic OH excluding ortho intramolecular Hbond substituents is 1. The van der Waals surface area contributed by atoms with Crippen LogP contribution in [0.4, 0.5) is 14.5 Å². The van der Waals surface area contributed by atoms with E-state index in [-0.39, 0.29) is 17.2 Å². The standard InChI is InChI=1S/C15H11F2NO4/c1-20-12-4-2-3-9(14(12)19)8-18-10-5-6-11-13(7-10)22-15(16,17)21-11/h2-8,19H,1H3. The number of benzene rings is 2. The van der Waals surface area contributed by atoms with Gasteiger partial charge in [0, 0.05) is 17.8 Å². The summed E-state index contributed by atoms with van der Waals surface area (Å²) in [6.45, 7) is 0. The van der Waals surface area contributed by atoms with Gasteiger partial charge in [0.1, 0.15) is 0 Å². The fraction of sp³-hybridized carbons (Fsp3) is 0.133. The molecule has 0 saturated heterocycles. The molecule has 0 unspecified atom stereocenters. The maximum atomic E-state index is 12.9. The van der Waals surface area contributed by atoms with E-state index in [1.54, 1.807) is 18.2 Å². The van der Waals surface area contributed by atoms with Crippen molar-refractivity contribution in [2.75, 3.05) is 7.11 Å². The summed E-state index contributed by atoms with van der Waals surface area (Å²) in [6.07, 6.45) is -2.26. The molecule has 1 heterocycles. The number of ether oxygens (including phenoxy) is 3. The lowest BCUT2D eigenvalue weighted by atomic mass is 10.2. The van der Waals surface area contributed by atoms with Gasteiger partial charge in [0.15, 0.2) is 23.0 Å². The number of hydrogen-bond acceptors (Lipinski definition) is 5. The van der Waals surface area contributed by atoms with E-state index in [0.29, 0.717) is 17.0 Å². The minimum atomic E-state index is -3.66. The van der Waals surface area contributed by atoms with Crippen LogP contribution < -0.4 is 14.2 Å². The van der Waals surface area contributed by atoms with Gasteiger partial charge in [-0.3, -0.25) is 4.99 Å². The van der Waals surface area contributed by atoms with Crippen molar-refractivity contribution in [3.63, 3.8) is 0 Å². The lowest BCUT2D eigenvalue weighted by Gasteiger charge is -2.05. The van der Waals surface area contributed by atoms with Crippen LogP contribution >= 0.6 is 0 Å². The van der Waals surface area contributed by atoms with Crippen molar-refractivity contribution in [1.29, 1.82) is 0 Å². The Balaban J connectivity index is 1.86. The first kappa shape index (κ1) is 14.1. The summed E-state index contributed by atoms with van der Waals surface area (Å²) in [7, 11) is 1.44. The summed E-state index contributed by atoms with van der Waals surface area (Å²) in [4.78, 5) is 4.12. The van der Waals surface area contributed by atoms with Crippen LogP contribution in [-0.4, -0.2) is 24.7 Å². The molecule has 1 aliphatic rings. The SMILES string of the molecule is COc1cccc(C=Nc2ccc3c(c2)OC(F)(F)O3)c1O. The smallest absolute Gasteiger partial charge is 0.504 e. The highest BCUT2D eigenvalue weighted by molar-refractivity contribution is 5.86. The maximum Gasteiger partial charge on any atom is 0.586 e. The van der Waals surface area contributed by atoms with Crippen molar-refractivity contribution in [3.05, 3.63) is 42.0 Å². The van der Waals surface area contributed by atoms with E-state index in [0.717, 1.165) is 0 Å². The molecule has 3 rings (SSSR count). The number of halogens is 2. The van der Waals surface area contributed by atoms with E-state index in [1.165, 1.54) is 31.5 Å². The van der Waals surface area contributed by atoms with Gasteiger partial charge in [0.2, 0.25) is 0 Å². The minimum absolute atomic E-state index is 0.0480. The number of nitrogens with zero attached hydrogens (tertiary/aromatic N) is 1. The molecule has 2 aromatic rings. The van der Waals surface area contributed by atoms with Crippen molar-refractivity contribution in [3.8, 4) is 23.0 Å². The zero-order chi connectivity index (χ0) is 15.7. The van der Waals surface area contributed by atoms with Gasteiger partial charge >= 0.3 is 6.29 Å². The predicted octanol–water partition coefficient (Wildman–Crippen LogP) is 3.47. The van der Waals surface area contributed by atoms with Gasteiger partial charge in [0.25, 0.3) is 0 Å². The first-order valence-electron chi connectivity index (χ1n) is 6.28. The molecule has 22 heavy (non-hydrogen) atoms. The summed E-state index contributed by atoms with van der Waals surface area (Å²) in [6, 6.07) is 9.10. The van der Waals surface area contributed by atoms with Crippen LogP contribution in [0.15, 0.2) is 41.4 Å². The molecule has 0 spiro atoms. The summed E-state index contributed by atoms with van der Waals surface area (Å²) < 4.78 is 39.5. The Labute approximate surface area is 124 Å². The Hall–Kier alpha value is -2.83. The second kappa shape index (κ2) is 5.18. The molecule has 2 aromatic carbocycles. The zero-order valence-corrected chi connectivity index (χ0v) is 11.4. The van der Waals surface area contributed by atoms with Gasteiger partial charge in [-0.05, 0) is 24.3 Å². The molecule has 0 bridgehead atoms. The number of hydrogen-bond donors (Lipinski definition) is 1. The van der Waals surface area contributed by atoms with Gasteiger partial charge in [0.05, 0.1) is 12.8 Å². The molecule has 0 fully saturated rings. The summed E-state index contributed by atoms with van der Waals surface area (Å²) in [5, 5.41) is 9.93. The average Bonchev–Trinajstić information content (AvgIpc) is 2.79. The first-order chi connectivity index (χ1) is 10.5. The van der Waals surface area contributed by atoms with E-state index in [9.17, 15) is 13.9 Å². The molecule has 0 saturated carbocycles. The zero-order valence-electron chi connectivity index (χ0n) is 11.4. The highest BCUT2D eigenvalue weighted by Gasteiger charge is 2.43. The van der Waals surface area contributed by atoms with Crippen LogP contribution in [0.2, 0.25) is 0 Å². The third kappa shape index (κ3) is 2.65. The lowest BCUT2D eigenvalue weighted by molar-refractivity contribution is -0.286. The number of alkyl halides is 2. The van der Waals surface area contributed by atoms with Crippen molar-refractivity contribution in [2.45, 2.75) is 6.29 Å². The van der Waals surface area contributed by atoms with Crippen LogP contribution in [0.25, 0.3) is 0 Å². The number of methoxy groups -OCH3 is 1. The van der Waals surface area contributed by atoms with Crippen molar-refractivity contribution in [2.24, 2.45) is 4.99 Å². The van der Waals surface area contributed by atoms with E-state index < -0.39 is 6.29 Å². The highest BCUT2D eigenvalue weighted by Crippen LogP contribution is 2.42. The number of aliphatic imine (C=N–C) groups is 1. The Morgan fingerprint density at radius 2 is 1.95 bits per heavy atom. The second-order valence-corrected chi connectivity index (χ2v) is 4.45. The predicted molar refractivity (Wildman–Crippen MR) is 74.6 cm³/mol. The molecule has 114 valence electrons. The highest BCUT2D eigenvalue weighted by atomic mass is 19.3. The molecular formula is C15H11F2NO4. The van der Waals surface area contributed by atoms with E-state index in [4.69, 9.17) is 4.74 Å². The molecule has 5 nitrogen and oxygen atoms in total. The molecule has 0 atom stereocenters. The Bertz CT molecular complexity index is 746. The van der Waals surface area contributed by atoms with Crippen molar-refractivity contribution < 1.29 is 28.1 Å². The quantitative estimate of drug-likeness (QED) is 0.882. The third-order valence-electron chi connectivity index (χ3n) is 2.99. The number of rotatable bonds is 3. The topological polar surface area (TPSA) is 60.3 Å². The van der Waals surface area contributed by atoms with Gasteiger partial charge < -0.3 is 19.3 Å². The van der Waals surface area contributed by atoms with Crippen LogP contribution in [0.3, 0.4) is 0 Å². The van der Waals surface area contributed by atoms with Crippen LogP contribution in [0.5, 0.6) is 23.0 Å². The molecule has 0 radical (unpaired) electrons. The first-order valence-corrected chi connectivity index (χ1v) is 6.28. The molecule has 1 N–H and O–H groups in total. The van der Waals surface area contributed by atoms with Gasteiger partial charge in [-0.15, -0.1) is 8.78 Å². The summed E-state index contributed by atoms with van der Waals surface area (Å²) in [5.74, 6) is 0.123. The third-order valence-corrected chi connectivity index (χ3v) is 2.99. The monoisotopic (exact) mass is 307 g/mol. The number of aromatic hydroxyl groups is 1. The van der Waals surface area contributed by atoms with E-state index >= 15 is 0 Å². The number of para-hydroxylation sites is 1. The number of phenols is 1. The van der Waals surface area contributed by atoms with Crippen molar-refractivity contribution >= 4 is 11.9 Å². The van der Waals surface area contributed by atoms with Crippen LogP contribution in [0, 0.1) is 0 Å². The molecule has 0 aliphatic carbocycles. The molecular weight excluding hydrogens is 296 g/mol. The largest absolute Gasteiger partial charge is 0.586 e. The Morgan fingerprint density at radius 3 is 2.73 bits per heavy atom. The fourth-order valence-corrected chi connectivity index (χ4v) is 1.97. The molecule has 0 aromatic heterocycles. The minimum Gasteiger partial charge on any atom is -0.504 e. The van der Waals surface area contributed by atoms with Crippen LogP contribution in [0.1, 0.15) is 5.56 Å². The molecule has 7 heteroatoms. The van der Waals surface area contributed by atoms with Crippen LogP contribution in [-0.2, 0) is 0 Å². The van der Waals surface area contributed by atoms with Gasteiger partial charge in [-0.1, -0.05) is 6.07 Å². The Kier molecular flexibility index (Phi) is 3.32.